The predicted octanol–water partition coefficient (Wildman–Crippen LogP) is 2.32. The van der Waals surface area contributed by atoms with Crippen LogP contribution in [0.15, 0.2) is 23.0 Å². The summed E-state index contributed by atoms with van der Waals surface area (Å²) in [4.78, 5) is 15.3. The van der Waals surface area contributed by atoms with Gasteiger partial charge < -0.3 is 4.98 Å². The van der Waals surface area contributed by atoms with Gasteiger partial charge in [0.2, 0.25) is 0 Å². The predicted molar refractivity (Wildman–Crippen MR) is 57.9 cm³/mol. The van der Waals surface area contributed by atoms with Gasteiger partial charge in [0.05, 0.1) is 5.69 Å². The van der Waals surface area contributed by atoms with E-state index in [2.05, 4.69) is 30.1 Å². The number of aromatic nitrogens is 1. The van der Waals surface area contributed by atoms with Gasteiger partial charge in [-0.25, -0.2) is 0 Å². The van der Waals surface area contributed by atoms with E-state index in [1.165, 1.54) is 32.9 Å². The number of aryl methyl sites for hydroxylation is 1. The van der Waals surface area contributed by atoms with E-state index in [-0.39, 0.29) is 4.87 Å². The van der Waals surface area contributed by atoms with Crippen molar-refractivity contribution in [1.29, 1.82) is 0 Å². The van der Waals surface area contributed by atoms with Crippen LogP contribution >= 0.6 is 11.3 Å². The Balaban J connectivity index is 2.30. The summed E-state index contributed by atoms with van der Waals surface area (Å²) in [6.45, 7) is 2.09. The number of hydrogen-bond acceptors (Lipinski definition) is 2. The monoisotopic (exact) mass is 203 g/mol. The summed E-state index contributed by atoms with van der Waals surface area (Å²) < 4.78 is 0. The third kappa shape index (κ3) is 0.990. The van der Waals surface area contributed by atoms with Crippen LogP contribution < -0.4 is 4.87 Å². The topological polar surface area (TPSA) is 32.9 Å². The zero-order chi connectivity index (χ0) is 9.71. The maximum Gasteiger partial charge on any atom is 0.305 e. The Bertz CT molecular complexity index is 565. The minimum Gasteiger partial charge on any atom is -0.312 e. The average molecular weight is 203 g/mol. The van der Waals surface area contributed by atoms with Gasteiger partial charge in [-0.05, 0) is 12.5 Å². The van der Waals surface area contributed by atoms with Gasteiger partial charge in [0, 0.05) is 16.9 Å². The quantitative estimate of drug-likeness (QED) is 0.597. The van der Waals surface area contributed by atoms with Gasteiger partial charge in [0.25, 0.3) is 0 Å². The lowest BCUT2D eigenvalue weighted by molar-refractivity contribution is 1.28. The molecule has 0 unspecified atom stereocenters. The van der Waals surface area contributed by atoms with Crippen molar-refractivity contribution >= 4 is 11.3 Å². The second-order valence-electron chi connectivity index (χ2n) is 3.65. The fraction of sp³-hybridized carbons (Fsp3) is 0.182. The molecule has 1 aromatic heterocycles. The highest BCUT2D eigenvalue weighted by molar-refractivity contribution is 7.09. The number of rotatable bonds is 0. The van der Waals surface area contributed by atoms with Crippen LogP contribution in [0.2, 0.25) is 0 Å². The second-order valence-corrected chi connectivity index (χ2v) is 4.72. The van der Waals surface area contributed by atoms with Crippen LogP contribution in [0.4, 0.5) is 0 Å². The Morgan fingerprint density at radius 2 is 2.29 bits per heavy atom. The van der Waals surface area contributed by atoms with Crippen molar-refractivity contribution in [3.63, 3.8) is 0 Å². The largest absolute Gasteiger partial charge is 0.312 e. The van der Waals surface area contributed by atoms with Crippen LogP contribution in [0.3, 0.4) is 0 Å². The van der Waals surface area contributed by atoms with E-state index in [0.717, 1.165) is 12.1 Å². The highest BCUT2D eigenvalue weighted by atomic mass is 32.1. The van der Waals surface area contributed by atoms with Gasteiger partial charge >= 0.3 is 4.87 Å². The lowest BCUT2D eigenvalue weighted by atomic mass is 10.1. The molecule has 1 heterocycles. The zero-order valence-electron chi connectivity index (χ0n) is 7.76. The molecule has 1 aromatic carbocycles. The van der Waals surface area contributed by atoms with Gasteiger partial charge in [0.15, 0.2) is 0 Å². The van der Waals surface area contributed by atoms with E-state index in [4.69, 9.17) is 0 Å². The van der Waals surface area contributed by atoms with Crippen LogP contribution in [0.25, 0.3) is 11.3 Å². The third-order valence-corrected chi connectivity index (χ3v) is 3.49. The Morgan fingerprint density at radius 1 is 1.43 bits per heavy atom. The summed E-state index contributed by atoms with van der Waals surface area (Å²) in [6, 6.07) is 6.38. The molecule has 70 valence electrons. The van der Waals surface area contributed by atoms with E-state index >= 15 is 0 Å². The maximum absolute atomic E-state index is 11.1. The molecular formula is C11H9NOS. The average Bonchev–Trinajstić information content (AvgIpc) is 2.59. The summed E-state index contributed by atoms with van der Waals surface area (Å²) in [7, 11) is 0. The number of nitrogens with one attached hydrogen (secondary N) is 1. The first-order chi connectivity index (χ1) is 6.74. The molecule has 1 N–H and O–H groups in total. The molecule has 0 spiro atoms. The molecule has 1 aliphatic rings. The Morgan fingerprint density at radius 3 is 3.14 bits per heavy atom. The molecule has 3 rings (SSSR count). The molecule has 14 heavy (non-hydrogen) atoms. The van der Waals surface area contributed by atoms with Gasteiger partial charge in [0.1, 0.15) is 0 Å². The second kappa shape index (κ2) is 2.58. The first-order valence-corrected chi connectivity index (χ1v) is 5.37. The van der Waals surface area contributed by atoms with E-state index < -0.39 is 0 Å². The van der Waals surface area contributed by atoms with Crippen molar-refractivity contribution in [1.82, 2.24) is 4.98 Å². The molecule has 3 heteroatoms. The zero-order valence-corrected chi connectivity index (χ0v) is 8.57. The van der Waals surface area contributed by atoms with Crippen molar-refractivity contribution < 1.29 is 0 Å². The number of fused-ring (bicyclic) bond motifs is 3. The van der Waals surface area contributed by atoms with Crippen molar-refractivity contribution in [2.75, 3.05) is 0 Å². The summed E-state index contributed by atoms with van der Waals surface area (Å²) in [6.07, 6.45) is 0.912. The molecule has 0 fully saturated rings. The lowest BCUT2D eigenvalue weighted by Gasteiger charge is -1.99. The van der Waals surface area contributed by atoms with E-state index in [1.54, 1.807) is 0 Å². The Labute approximate surface area is 85.2 Å². The van der Waals surface area contributed by atoms with Crippen LogP contribution in [0, 0.1) is 6.92 Å². The molecule has 0 bridgehead atoms. The number of aromatic amines is 1. The Hall–Kier alpha value is -1.35. The standard InChI is InChI=1S/C11H9NOS/c1-6-2-3-8-7(4-6)5-9-10(8)12-11(13)14-9/h2-4H,5H2,1H3,(H,12,13). The molecule has 0 radical (unpaired) electrons. The fourth-order valence-electron chi connectivity index (χ4n) is 1.99. The van der Waals surface area contributed by atoms with Crippen LogP contribution in [0.1, 0.15) is 16.0 Å². The molecule has 0 saturated heterocycles. The molecule has 0 aliphatic heterocycles. The minimum atomic E-state index is 0.0567. The van der Waals surface area contributed by atoms with Crippen molar-refractivity contribution in [2.24, 2.45) is 0 Å². The lowest BCUT2D eigenvalue weighted by Crippen LogP contribution is -1.93. The normalized spacial score (nSPS) is 12.6. The highest BCUT2D eigenvalue weighted by Crippen LogP contribution is 2.36. The molecule has 0 saturated carbocycles. The molecular weight excluding hydrogens is 194 g/mol. The number of benzene rings is 1. The van der Waals surface area contributed by atoms with Gasteiger partial charge in [-0.1, -0.05) is 35.1 Å². The first-order valence-electron chi connectivity index (χ1n) is 4.56. The van der Waals surface area contributed by atoms with Crippen LogP contribution in [-0.2, 0) is 6.42 Å². The van der Waals surface area contributed by atoms with E-state index in [1.807, 2.05) is 0 Å². The van der Waals surface area contributed by atoms with Gasteiger partial charge in [-0.2, -0.15) is 0 Å². The number of thiazole rings is 1. The minimum absolute atomic E-state index is 0.0567. The number of H-pyrrole nitrogens is 1. The molecule has 2 nitrogen and oxygen atoms in total. The smallest absolute Gasteiger partial charge is 0.305 e. The first kappa shape index (κ1) is 8.00. The van der Waals surface area contributed by atoms with Crippen molar-refractivity contribution in [3.8, 4) is 11.3 Å². The summed E-state index contributed by atoms with van der Waals surface area (Å²) in [5.74, 6) is 0. The number of hydrogen-bond donors (Lipinski definition) is 1. The SMILES string of the molecule is Cc1ccc2c(c1)Cc1sc(=O)[nH]c1-2. The highest BCUT2D eigenvalue weighted by Gasteiger charge is 2.21. The van der Waals surface area contributed by atoms with E-state index in [9.17, 15) is 4.79 Å². The molecule has 2 aromatic rings. The molecule has 0 amide bonds. The Kier molecular flexibility index (Phi) is 1.47. The van der Waals surface area contributed by atoms with Crippen molar-refractivity contribution in [3.05, 3.63) is 43.9 Å². The molecule has 0 atom stereocenters. The van der Waals surface area contributed by atoms with E-state index in [0.29, 0.717) is 0 Å². The third-order valence-electron chi connectivity index (χ3n) is 2.60. The van der Waals surface area contributed by atoms with Crippen LogP contribution in [0.5, 0.6) is 0 Å². The van der Waals surface area contributed by atoms with Crippen LogP contribution in [-0.4, -0.2) is 4.98 Å². The molecule has 1 aliphatic carbocycles. The van der Waals surface area contributed by atoms with Gasteiger partial charge in [-0.15, -0.1) is 0 Å². The summed E-state index contributed by atoms with van der Waals surface area (Å²) in [5, 5.41) is 0. The van der Waals surface area contributed by atoms with Gasteiger partial charge in [-0.3, -0.25) is 4.79 Å². The summed E-state index contributed by atoms with van der Waals surface area (Å²) >= 11 is 1.33. The summed E-state index contributed by atoms with van der Waals surface area (Å²) in [5.41, 5.74) is 4.85. The fourth-order valence-corrected chi connectivity index (χ4v) is 2.86. The maximum atomic E-state index is 11.1. The van der Waals surface area contributed by atoms with Crippen molar-refractivity contribution in [2.45, 2.75) is 13.3 Å².